The monoisotopic (exact) mass is 374 g/mol. The van der Waals surface area contributed by atoms with Crippen molar-refractivity contribution in [3.8, 4) is 0 Å². The molecule has 1 saturated carbocycles. The Morgan fingerprint density at radius 1 is 0.640 bits per heavy atom. The van der Waals surface area contributed by atoms with Crippen LogP contribution in [0.1, 0.15) is 110 Å². The van der Waals surface area contributed by atoms with Crippen LogP contribution < -0.4 is 0 Å². The van der Waals surface area contributed by atoms with E-state index in [1.54, 1.807) is 21.3 Å². The summed E-state index contributed by atoms with van der Waals surface area (Å²) in [5.41, 5.74) is 0. The maximum atomic E-state index is 4.74. The van der Waals surface area contributed by atoms with Gasteiger partial charge in [0.05, 0.1) is 0 Å². The third-order valence-electron chi connectivity index (χ3n) is 5.27. The molecule has 0 aliphatic heterocycles. The number of hydrogen-bond acceptors (Lipinski definition) is 3. The van der Waals surface area contributed by atoms with Gasteiger partial charge >= 0.3 is 9.53 Å². The molecule has 0 N–H and O–H groups in total. The van der Waals surface area contributed by atoms with Crippen LogP contribution in [0, 0.1) is 5.92 Å². The Labute approximate surface area is 160 Å². The predicted octanol–water partition coefficient (Wildman–Crippen LogP) is 6.52. The molecule has 0 radical (unpaired) electrons. The highest BCUT2D eigenvalue weighted by Gasteiger charge is 2.11. The second kappa shape index (κ2) is 20.4. The molecule has 0 amide bonds. The van der Waals surface area contributed by atoms with E-state index < -0.39 is 9.53 Å². The zero-order chi connectivity index (χ0) is 18.6. The molecule has 1 aliphatic rings. The molecule has 1 fully saturated rings. The maximum absolute atomic E-state index is 4.74. The highest BCUT2D eigenvalue weighted by molar-refractivity contribution is 6.36. The van der Waals surface area contributed by atoms with Crippen LogP contribution in [0.15, 0.2) is 0 Å². The van der Waals surface area contributed by atoms with Gasteiger partial charge in [-0.25, -0.2) is 0 Å². The second-order valence-corrected chi connectivity index (χ2v) is 9.46. The van der Waals surface area contributed by atoms with Crippen LogP contribution in [-0.2, 0) is 13.3 Å². The molecule has 0 saturated heterocycles. The molecule has 0 bridgehead atoms. The Hall–Kier alpha value is 0.0969. The second-order valence-electron chi connectivity index (χ2n) is 7.47. The minimum Gasteiger partial charge on any atom is -0.379 e. The first kappa shape index (κ1) is 25.1. The van der Waals surface area contributed by atoms with E-state index in [1.165, 1.54) is 103 Å². The minimum atomic E-state index is -1.67. The molecule has 152 valence electrons. The van der Waals surface area contributed by atoms with Gasteiger partial charge in [0.1, 0.15) is 0 Å². The fourth-order valence-corrected chi connectivity index (χ4v) is 4.26. The van der Waals surface area contributed by atoms with Crippen molar-refractivity contribution in [2.75, 3.05) is 21.3 Å². The van der Waals surface area contributed by atoms with Crippen LogP contribution in [0.3, 0.4) is 0 Å². The van der Waals surface area contributed by atoms with Crippen molar-refractivity contribution in [3.05, 3.63) is 0 Å². The Balaban J connectivity index is 0.000000697. The quantitative estimate of drug-likeness (QED) is 0.209. The highest BCUT2D eigenvalue weighted by Crippen LogP contribution is 2.27. The average Bonchev–Trinajstić information content (AvgIpc) is 2.91. The summed E-state index contributed by atoms with van der Waals surface area (Å²) in [6.45, 7) is 2.30. The van der Waals surface area contributed by atoms with Crippen LogP contribution in [0.25, 0.3) is 0 Å². The first-order chi connectivity index (χ1) is 12.3. The SMILES string of the molecule is CCCCCCCCCCCC1CCCCCC1.CO[SiH](OC)OC. The molecule has 0 unspecified atom stereocenters. The zero-order valence-corrected chi connectivity index (χ0v) is 18.8. The molecular formula is C21H46O3Si. The zero-order valence-electron chi connectivity index (χ0n) is 17.7. The van der Waals surface area contributed by atoms with Crippen LogP contribution in [0.5, 0.6) is 0 Å². The van der Waals surface area contributed by atoms with Crippen molar-refractivity contribution in [3.63, 3.8) is 0 Å². The molecule has 1 rings (SSSR count). The minimum absolute atomic E-state index is 1.09. The molecule has 4 heteroatoms. The average molecular weight is 375 g/mol. The molecular weight excluding hydrogens is 328 g/mol. The van der Waals surface area contributed by atoms with E-state index in [-0.39, 0.29) is 0 Å². The first-order valence-corrected chi connectivity index (χ1v) is 12.3. The predicted molar refractivity (Wildman–Crippen MR) is 111 cm³/mol. The van der Waals surface area contributed by atoms with Gasteiger partial charge in [-0.2, -0.15) is 0 Å². The van der Waals surface area contributed by atoms with E-state index in [4.69, 9.17) is 13.3 Å². The summed E-state index contributed by atoms with van der Waals surface area (Å²) in [7, 11) is 3.05. The molecule has 0 spiro atoms. The summed E-state index contributed by atoms with van der Waals surface area (Å²) >= 11 is 0. The molecule has 0 heterocycles. The topological polar surface area (TPSA) is 27.7 Å². The first-order valence-electron chi connectivity index (χ1n) is 10.9. The standard InChI is InChI=1S/C18H36.C3H10O3Si/c1-2-3-4-5-6-7-8-9-12-15-18-16-13-10-11-14-17-18;1-4-7(5-2)6-3/h18H,2-17H2,1H3;7H,1-3H3. The third-order valence-corrected chi connectivity index (χ3v) is 6.42. The fraction of sp³-hybridized carbons (Fsp3) is 1.00. The van der Waals surface area contributed by atoms with Crippen molar-refractivity contribution in [2.45, 2.75) is 110 Å². The summed E-state index contributed by atoms with van der Waals surface area (Å²) in [6, 6.07) is 0. The fourth-order valence-electron chi connectivity index (χ4n) is 3.68. The number of rotatable bonds is 13. The van der Waals surface area contributed by atoms with E-state index in [0.29, 0.717) is 0 Å². The van der Waals surface area contributed by atoms with Gasteiger partial charge in [0.15, 0.2) is 0 Å². The Morgan fingerprint density at radius 3 is 1.48 bits per heavy atom. The van der Waals surface area contributed by atoms with E-state index in [0.717, 1.165) is 5.92 Å². The van der Waals surface area contributed by atoms with Crippen LogP contribution in [0.2, 0.25) is 0 Å². The van der Waals surface area contributed by atoms with Gasteiger partial charge in [-0.1, -0.05) is 110 Å². The summed E-state index contributed by atoms with van der Waals surface area (Å²) in [5.74, 6) is 1.09. The van der Waals surface area contributed by atoms with Gasteiger partial charge in [0.2, 0.25) is 0 Å². The van der Waals surface area contributed by atoms with Gasteiger partial charge in [-0.15, -0.1) is 0 Å². The lowest BCUT2D eigenvalue weighted by molar-refractivity contribution is 0.163. The van der Waals surface area contributed by atoms with Crippen LogP contribution in [0.4, 0.5) is 0 Å². The van der Waals surface area contributed by atoms with Gasteiger partial charge in [0, 0.05) is 21.3 Å². The van der Waals surface area contributed by atoms with Crippen LogP contribution in [-0.4, -0.2) is 30.9 Å². The summed E-state index contributed by atoms with van der Waals surface area (Å²) < 4.78 is 14.2. The lowest BCUT2D eigenvalue weighted by Gasteiger charge is -2.13. The number of hydrogen-bond donors (Lipinski definition) is 0. The van der Waals surface area contributed by atoms with Gasteiger partial charge < -0.3 is 13.3 Å². The molecule has 3 nitrogen and oxygen atoms in total. The van der Waals surface area contributed by atoms with E-state index in [2.05, 4.69) is 6.92 Å². The van der Waals surface area contributed by atoms with Gasteiger partial charge in [-0.05, 0) is 5.92 Å². The maximum Gasteiger partial charge on any atom is 0.483 e. The van der Waals surface area contributed by atoms with Crippen molar-refractivity contribution in [1.29, 1.82) is 0 Å². The lowest BCUT2D eigenvalue weighted by atomic mass is 9.93. The Morgan fingerprint density at radius 2 is 1.08 bits per heavy atom. The van der Waals surface area contributed by atoms with Crippen molar-refractivity contribution in [1.82, 2.24) is 0 Å². The molecule has 1 aliphatic carbocycles. The Kier molecular flexibility index (Phi) is 20.5. The molecule has 0 aromatic carbocycles. The summed E-state index contributed by atoms with van der Waals surface area (Å²) in [4.78, 5) is 0. The molecule has 0 aromatic heterocycles. The summed E-state index contributed by atoms with van der Waals surface area (Å²) in [5, 5.41) is 0. The normalized spacial score (nSPS) is 15.7. The van der Waals surface area contributed by atoms with Gasteiger partial charge in [0.25, 0.3) is 0 Å². The van der Waals surface area contributed by atoms with Crippen molar-refractivity contribution < 1.29 is 13.3 Å². The van der Waals surface area contributed by atoms with Crippen molar-refractivity contribution >= 4 is 9.53 Å². The van der Waals surface area contributed by atoms with Crippen LogP contribution >= 0.6 is 0 Å². The molecule has 25 heavy (non-hydrogen) atoms. The number of unbranched alkanes of at least 4 members (excludes halogenated alkanes) is 8. The van der Waals surface area contributed by atoms with Gasteiger partial charge in [-0.3, -0.25) is 0 Å². The highest BCUT2D eigenvalue weighted by atomic mass is 28.3. The summed E-state index contributed by atoms with van der Waals surface area (Å²) in [6.07, 6.45) is 23.9. The van der Waals surface area contributed by atoms with E-state index >= 15 is 0 Å². The van der Waals surface area contributed by atoms with Crippen molar-refractivity contribution in [2.24, 2.45) is 5.92 Å². The third kappa shape index (κ3) is 17.3. The van der Waals surface area contributed by atoms with E-state index in [1.807, 2.05) is 0 Å². The Bertz CT molecular complexity index is 234. The van der Waals surface area contributed by atoms with E-state index in [9.17, 15) is 0 Å². The molecule has 0 atom stereocenters. The smallest absolute Gasteiger partial charge is 0.379 e. The lowest BCUT2D eigenvalue weighted by Crippen LogP contribution is -2.21. The largest absolute Gasteiger partial charge is 0.483 e. The molecule has 0 aromatic rings.